The molecule has 0 bridgehead atoms. The van der Waals surface area contributed by atoms with E-state index in [4.69, 9.17) is 5.11 Å². The molecule has 0 saturated carbocycles. The van der Waals surface area contributed by atoms with E-state index in [0.29, 0.717) is 6.42 Å². The first-order chi connectivity index (χ1) is 4.79. The molecular weight excluding hydrogens is 130 g/mol. The molecule has 3 nitrogen and oxygen atoms in total. The monoisotopic (exact) mass is 139 g/mol. The second-order valence-corrected chi connectivity index (χ2v) is 2.22. The zero-order chi connectivity index (χ0) is 7.40. The second kappa shape index (κ2) is 3.15. The Balaban J connectivity index is 2.21. The van der Waals surface area contributed by atoms with Gasteiger partial charge in [0.05, 0.1) is 0 Å². The van der Waals surface area contributed by atoms with Gasteiger partial charge in [-0.3, -0.25) is 9.79 Å². The molecule has 0 radical (unpaired) electrons. The zero-order valence-electron chi connectivity index (χ0n) is 5.58. The Hall–Kier alpha value is -1.12. The number of aliphatic imine (C=N–C) groups is 1. The number of nitrogens with zero attached hydrogens (tertiary/aromatic N) is 1. The Bertz CT molecular complexity index is 194. The highest BCUT2D eigenvalue weighted by molar-refractivity contribution is 5.69. The van der Waals surface area contributed by atoms with Crippen molar-refractivity contribution < 1.29 is 9.90 Å². The van der Waals surface area contributed by atoms with Crippen LogP contribution in [0.1, 0.15) is 19.3 Å². The SMILES string of the molecule is O=C(O)CCC1=CN=CC1. The Morgan fingerprint density at radius 1 is 1.80 bits per heavy atom. The van der Waals surface area contributed by atoms with Crippen LogP contribution in [0, 0.1) is 0 Å². The number of carbonyl (C=O) groups is 1. The van der Waals surface area contributed by atoms with Gasteiger partial charge in [0.15, 0.2) is 0 Å². The summed E-state index contributed by atoms with van der Waals surface area (Å²) in [6, 6.07) is 0. The lowest BCUT2D eigenvalue weighted by molar-refractivity contribution is -0.136. The summed E-state index contributed by atoms with van der Waals surface area (Å²) in [6.45, 7) is 0. The van der Waals surface area contributed by atoms with Crippen LogP contribution < -0.4 is 0 Å². The third-order valence-electron chi connectivity index (χ3n) is 1.38. The van der Waals surface area contributed by atoms with Crippen LogP contribution in [-0.2, 0) is 4.79 Å². The van der Waals surface area contributed by atoms with E-state index >= 15 is 0 Å². The van der Waals surface area contributed by atoms with Gasteiger partial charge in [0.1, 0.15) is 0 Å². The van der Waals surface area contributed by atoms with Gasteiger partial charge in [0.25, 0.3) is 0 Å². The molecule has 0 unspecified atom stereocenters. The minimum atomic E-state index is -0.743. The quantitative estimate of drug-likeness (QED) is 0.638. The van der Waals surface area contributed by atoms with Crippen LogP contribution in [0.2, 0.25) is 0 Å². The van der Waals surface area contributed by atoms with E-state index in [1.807, 2.05) is 0 Å². The minimum Gasteiger partial charge on any atom is -0.481 e. The van der Waals surface area contributed by atoms with Crippen molar-refractivity contribution in [3.63, 3.8) is 0 Å². The maximum absolute atomic E-state index is 10.1. The lowest BCUT2D eigenvalue weighted by atomic mass is 10.1. The first kappa shape index (κ1) is 6.99. The van der Waals surface area contributed by atoms with Crippen LogP contribution in [0.25, 0.3) is 0 Å². The highest BCUT2D eigenvalue weighted by atomic mass is 16.4. The maximum Gasteiger partial charge on any atom is 0.303 e. The molecule has 1 rings (SSSR count). The van der Waals surface area contributed by atoms with Gasteiger partial charge in [-0.05, 0) is 12.0 Å². The molecule has 0 saturated heterocycles. The van der Waals surface area contributed by atoms with Gasteiger partial charge in [0.2, 0.25) is 0 Å². The number of carboxylic acid groups (broad SMARTS) is 1. The smallest absolute Gasteiger partial charge is 0.303 e. The predicted octanol–water partition coefficient (Wildman–Crippen LogP) is 1.21. The van der Waals surface area contributed by atoms with Gasteiger partial charge in [0, 0.05) is 25.3 Å². The van der Waals surface area contributed by atoms with E-state index in [0.717, 1.165) is 12.0 Å². The van der Waals surface area contributed by atoms with Crippen LogP contribution >= 0.6 is 0 Å². The third kappa shape index (κ3) is 2.01. The van der Waals surface area contributed by atoms with Crippen LogP contribution in [0.15, 0.2) is 16.8 Å². The molecule has 10 heavy (non-hydrogen) atoms. The number of carboxylic acids is 1. The summed E-state index contributed by atoms with van der Waals surface area (Å²) < 4.78 is 0. The third-order valence-corrected chi connectivity index (χ3v) is 1.38. The summed E-state index contributed by atoms with van der Waals surface area (Å²) in [7, 11) is 0. The molecule has 1 N–H and O–H groups in total. The van der Waals surface area contributed by atoms with Crippen LogP contribution in [0.5, 0.6) is 0 Å². The van der Waals surface area contributed by atoms with E-state index in [9.17, 15) is 4.79 Å². The highest BCUT2D eigenvalue weighted by Crippen LogP contribution is 2.12. The molecule has 0 atom stereocenters. The van der Waals surface area contributed by atoms with Crippen molar-refractivity contribution in [2.45, 2.75) is 19.3 Å². The number of allylic oxidation sites excluding steroid dienone is 1. The molecule has 0 aromatic carbocycles. The van der Waals surface area contributed by atoms with E-state index in [1.165, 1.54) is 0 Å². The van der Waals surface area contributed by atoms with E-state index in [2.05, 4.69) is 4.99 Å². The zero-order valence-corrected chi connectivity index (χ0v) is 5.58. The molecule has 1 aliphatic rings. The van der Waals surface area contributed by atoms with Gasteiger partial charge < -0.3 is 5.11 Å². The molecule has 0 aromatic rings. The fourth-order valence-corrected chi connectivity index (χ4v) is 0.815. The van der Waals surface area contributed by atoms with Crippen molar-refractivity contribution in [2.24, 2.45) is 4.99 Å². The molecule has 1 aliphatic heterocycles. The first-order valence-corrected chi connectivity index (χ1v) is 3.20. The highest BCUT2D eigenvalue weighted by Gasteiger charge is 2.02. The summed E-state index contributed by atoms with van der Waals surface area (Å²) in [4.78, 5) is 14.0. The molecule has 0 aliphatic carbocycles. The van der Waals surface area contributed by atoms with Gasteiger partial charge in [-0.25, -0.2) is 0 Å². The van der Waals surface area contributed by atoms with Gasteiger partial charge in [-0.15, -0.1) is 0 Å². The largest absolute Gasteiger partial charge is 0.481 e. The van der Waals surface area contributed by atoms with Crippen molar-refractivity contribution in [1.29, 1.82) is 0 Å². The van der Waals surface area contributed by atoms with Crippen LogP contribution in [0.4, 0.5) is 0 Å². The summed E-state index contributed by atoms with van der Waals surface area (Å²) in [5, 5.41) is 8.31. The Labute approximate surface area is 59.1 Å². The predicted molar refractivity (Wildman–Crippen MR) is 38.1 cm³/mol. The van der Waals surface area contributed by atoms with Crippen molar-refractivity contribution in [3.8, 4) is 0 Å². The van der Waals surface area contributed by atoms with Crippen molar-refractivity contribution in [2.75, 3.05) is 0 Å². The summed E-state index contributed by atoms with van der Waals surface area (Å²) in [5.41, 5.74) is 1.11. The molecule has 0 aromatic heterocycles. The number of rotatable bonds is 3. The van der Waals surface area contributed by atoms with Crippen molar-refractivity contribution in [1.82, 2.24) is 0 Å². The second-order valence-electron chi connectivity index (χ2n) is 2.22. The van der Waals surface area contributed by atoms with Gasteiger partial charge in [-0.1, -0.05) is 0 Å². The molecule has 0 spiro atoms. The van der Waals surface area contributed by atoms with Gasteiger partial charge >= 0.3 is 5.97 Å². The minimum absolute atomic E-state index is 0.217. The van der Waals surface area contributed by atoms with Crippen LogP contribution in [-0.4, -0.2) is 17.3 Å². The summed E-state index contributed by atoms with van der Waals surface area (Å²) in [6.07, 6.45) is 5.21. The average Bonchev–Trinajstić information content (AvgIpc) is 2.34. The maximum atomic E-state index is 10.1. The van der Waals surface area contributed by atoms with E-state index < -0.39 is 5.97 Å². The summed E-state index contributed by atoms with van der Waals surface area (Å²) >= 11 is 0. The number of hydrogen-bond donors (Lipinski definition) is 1. The molecule has 0 fully saturated rings. The fourth-order valence-electron chi connectivity index (χ4n) is 0.815. The normalized spacial score (nSPS) is 15.4. The first-order valence-electron chi connectivity index (χ1n) is 3.20. The Morgan fingerprint density at radius 3 is 3.10 bits per heavy atom. The number of hydrogen-bond acceptors (Lipinski definition) is 2. The molecule has 0 amide bonds. The lowest BCUT2D eigenvalue weighted by Crippen LogP contribution is -1.94. The van der Waals surface area contributed by atoms with E-state index in [-0.39, 0.29) is 6.42 Å². The molecular formula is C7H9NO2. The fraction of sp³-hybridized carbons (Fsp3) is 0.429. The average molecular weight is 139 g/mol. The molecule has 54 valence electrons. The summed E-state index contributed by atoms with van der Waals surface area (Å²) in [5.74, 6) is -0.743. The van der Waals surface area contributed by atoms with E-state index in [1.54, 1.807) is 12.4 Å². The standard InChI is InChI=1S/C7H9NO2/c9-7(10)2-1-6-3-4-8-5-6/h4-5H,1-3H2,(H,9,10). The van der Waals surface area contributed by atoms with Crippen LogP contribution in [0.3, 0.4) is 0 Å². The molecule has 3 heteroatoms. The van der Waals surface area contributed by atoms with Gasteiger partial charge in [-0.2, -0.15) is 0 Å². The van der Waals surface area contributed by atoms with Crippen molar-refractivity contribution in [3.05, 3.63) is 11.8 Å². The Morgan fingerprint density at radius 2 is 2.60 bits per heavy atom. The number of aliphatic carboxylic acids is 1. The Kier molecular flexibility index (Phi) is 2.20. The topological polar surface area (TPSA) is 49.7 Å². The van der Waals surface area contributed by atoms with Crippen molar-refractivity contribution >= 4 is 12.2 Å². The molecule has 1 heterocycles. The lowest BCUT2D eigenvalue weighted by Gasteiger charge is -1.94.